The second-order valence-electron chi connectivity index (χ2n) is 5.09. The van der Waals surface area contributed by atoms with Crippen LogP contribution in [0.5, 0.6) is 5.75 Å². The molecule has 1 aliphatic rings. The summed E-state index contributed by atoms with van der Waals surface area (Å²) in [5, 5.41) is 3.45. The maximum atomic E-state index is 5.86. The van der Waals surface area contributed by atoms with Crippen LogP contribution in [0.15, 0.2) is 18.2 Å². The summed E-state index contributed by atoms with van der Waals surface area (Å²) in [5.74, 6) is 1.77. The van der Waals surface area contributed by atoms with Gasteiger partial charge in [-0.2, -0.15) is 0 Å². The van der Waals surface area contributed by atoms with Gasteiger partial charge in [0.2, 0.25) is 0 Å². The van der Waals surface area contributed by atoms with Crippen molar-refractivity contribution in [2.24, 2.45) is 5.92 Å². The first-order chi connectivity index (χ1) is 8.78. The Balaban J connectivity index is 1.83. The van der Waals surface area contributed by atoms with E-state index >= 15 is 0 Å². The van der Waals surface area contributed by atoms with E-state index in [4.69, 9.17) is 10.5 Å². The Labute approximate surface area is 110 Å². The molecule has 3 nitrogen and oxygen atoms in total. The van der Waals surface area contributed by atoms with Gasteiger partial charge in [0.15, 0.2) is 0 Å². The maximum Gasteiger partial charge on any atom is 0.123 e. The van der Waals surface area contributed by atoms with E-state index in [-0.39, 0.29) is 0 Å². The zero-order valence-corrected chi connectivity index (χ0v) is 11.2. The smallest absolute Gasteiger partial charge is 0.123 e. The molecular formula is C15H24N2O. The molecule has 0 aromatic heterocycles. The average Bonchev–Trinajstić information content (AvgIpc) is 2.82. The third-order valence-electron chi connectivity index (χ3n) is 3.60. The molecule has 3 heteroatoms. The lowest BCUT2D eigenvalue weighted by atomic mass is 10.0. The maximum absolute atomic E-state index is 5.86. The molecule has 0 aliphatic heterocycles. The lowest BCUT2D eigenvalue weighted by Crippen LogP contribution is -2.07. The second kappa shape index (κ2) is 6.53. The van der Waals surface area contributed by atoms with Crippen LogP contribution in [0.4, 0.5) is 11.4 Å². The number of nitrogen functional groups attached to an aromatic ring is 1. The van der Waals surface area contributed by atoms with Gasteiger partial charge in [0, 0.05) is 30.1 Å². The van der Waals surface area contributed by atoms with E-state index in [0.717, 1.165) is 29.6 Å². The predicted molar refractivity (Wildman–Crippen MR) is 77.1 cm³/mol. The van der Waals surface area contributed by atoms with Crippen molar-refractivity contribution in [3.05, 3.63) is 18.2 Å². The highest BCUT2D eigenvalue weighted by molar-refractivity contribution is 5.59. The summed E-state index contributed by atoms with van der Waals surface area (Å²) in [4.78, 5) is 0. The Morgan fingerprint density at radius 2 is 2.06 bits per heavy atom. The van der Waals surface area contributed by atoms with Crippen LogP contribution in [0, 0.1) is 5.92 Å². The van der Waals surface area contributed by atoms with Gasteiger partial charge >= 0.3 is 0 Å². The predicted octanol–water partition coefficient (Wildman–Crippen LogP) is 3.66. The summed E-state index contributed by atoms with van der Waals surface area (Å²) in [6.45, 7) is 3.68. The Bertz CT molecular complexity index is 373. The topological polar surface area (TPSA) is 47.3 Å². The van der Waals surface area contributed by atoms with E-state index in [1.165, 1.54) is 32.1 Å². The van der Waals surface area contributed by atoms with Gasteiger partial charge in [-0.15, -0.1) is 0 Å². The summed E-state index contributed by atoms with van der Waals surface area (Å²) >= 11 is 0. The van der Waals surface area contributed by atoms with Crippen LogP contribution >= 0.6 is 0 Å². The Morgan fingerprint density at radius 1 is 1.28 bits per heavy atom. The summed E-state index contributed by atoms with van der Waals surface area (Å²) < 4.78 is 5.49. The van der Waals surface area contributed by atoms with Crippen LogP contribution in [-0.2, 0) is 0 Å². The Morgan fingerprint density at radius 3 is 2.78 bits per heavy atom. The summed E-state index contributed by atoms with van der Waals surface area (Å²) in [6, 6.07) is 5.86. The van der Waals surface area contributed by atoms with E-state index in [1.54, 1.807) is 0 Å². The molecule has 0 spiro atoms. The number of nitrogens with two attached hydrogens (primary N) is 1. The molecule has 3 N–H and O–H groups in total. The number of hydrogen-bond acceptors (Lipinski definition) is 3. The largest absolute Gasteiger partial charge is 0.494 e. The fraction of sp³-hybridized carbons (Fsp3) is 0.600. The summed E-state index contributed by atoms with van der Waals surface area (Å²) in [6.07, 6.45) is 6.90. The summed E-state index contributed by atoms with van der Waals surface area (Å²) in [5.41, 5.74) is 7.68. The van der Waals surface area contributed by atoms with Gasteiger partial charge in [-0.1, -0.05) is 25.7 Å². The number of anilines is 2. The highest BCUT2D eigenvalue weighted by atomic mass is 16.5. The van der Waals surface area contributed by atoms with Crippen molar-refractivity contribution in [3.8, 4) is 5.75 Å². The van der Waals surface area contributed by atoms with Gasteiger partial charge < -0.3 is 15.8 Å². The average molecular weight is 248 g/mol. The molecule has 1 aliphatic carbocycles. The van der Waals surface area contributed by atoms with Crippen molar-refractivity contribution in [1.82, 2.24) is 0 Å². The monoisotopic (exact) mass is 248 g/mol. The molecule has 100 valence electrons. The number of nitrogens with one attached hydrogen (secondary N) is 1. The Hall–Kier alpha value is -1.38. The van der Waals surface area contributed by atoms with Gasteiger partial charge in [-0.3, -0.25) is 0 Å². The third-order valence-corrected chi connectivity index (χ3v) is 3.60. The molecule has 0 radical (unpaired) electrons. The van der Waals surface area contributed by atoms with E-state index in [2.05, 4.69) is 5.32 Å². The molecule has 1 aromatic rings. The molecular weight excluding hydrogens is 224 g/mol. The molecule has 1 fully saturated rings. The molecule has 1 saturated carbocycles. The minimum absolute atomic E-state index is 0.672. The van der Waals surface area contributed by atoms with Gasteiger partial charge in [0.05, 0.1) is 6.61 Å². The number of rotatable bonds is 6. The van der Waals surface area contributed by atoms with Crippen LogP contribution < -0.4 is 15.8 Å². The molecule has 18 heavy (non-hydrogen) atoms. The molecule has 0 amide bonds. The minimum Gasteiger partial charge on any atom is -0.494 e. The van der Waals surface area contributed by atoms with Crippen molar-refractivity contribution < 1.29 is 4.74 Å². The molecule has 1 aromatic carbocycles. The van der Waals surface area contributed by atoms with Crippen LogP contribution in [0.3, 0.4) is 0 Å². The quantitative estimate of drug-likeness (QED) is 0.755. The fourth-order valence-corrected chi connectivity index (χ4v) is 2.69. The van der Waals surface area contributed by atoms with Crippen molar-refractivity contribution in [2.75, 3.05) is 24.2 Å². The van der Waals surface area contributed by atoms with E-state index in [1.807, 2.05) is 25.1 Å². The van der Waals surface area contributed by atoms with E-state index < -0.39 is 0 Å². The van der Waals surface area contributed by atoms with Crippen LogP contribution in [-0.4, -0.2) is 13.2 Å². The lowest BCUT2D eigenvalue weighted by molar-refractivity contribution is 0.340. The first kappa shape index (κ1) is 13.1. The molecule has 0 unspecified atom stereocenters. The van der Waals surface area contributed by atoms with Crippen LogP contribution in [0.1, 0.15) is 39.0 Å². The van der Waals surface area contributed by atoms with Crippen molar-refractivity contribution in [2.45, 2.75) is 39.0 Å². The highest BCUT2D eigenvalue weighted by Gasteiger charge is 2.14. The first-order valence-electron chi connectivity index (χ1n) is 7.05. The molecule has 0 bridgehead atoms. The van der Waals surface area contributed by atoms with Gasteiger partial charge in [-0.25, -0.2) is 0 Å². The zero-order valence-electron chi connectivity index (χ0n) is 11.2. The number of benzene rings is 1. The number of ether oxygens (including phenoxy) is 1. The normalized spacial score (nSPS) is 15.8. The molecule has 2 rings (SSSR count). The molecule has 0 saturated heterocycles. The second-order valence-corrected chi connectivity index (χ2v) is 5.09. The van der Waals surface area contributed by atoms with Crippen molar-refractivity contribution in [1.29, 1.82) is 0 Å². The summed E-state index contributed by atoms with van der Waals surface area (Å²) in [7, 11) is 0. The fourth-order valence-electron chi connectivity index (χ4n) is 2.69. The third kappa shape index (κ3) is 3.83. The van der Waals surface area contributed by atoms with Gasteiger partial charge in [0.25, 0.3) is 0 Å². The van der Waals surface area contributed by atoms with E-state index in [0.29, 0.717) is 6.61 Å². The molecule has 0 atom stereocenters. The van der Waals surface area contributed by atoms with Crippen LogP contribution in [0.2, 0.25) is 0 Å². The van der Waals surface area contributed by atoms with Crippen molar-refractivity contribution in [3.63, 3.8) is 0 Å². The van der Waals surface area contributed by atoms with Gasteiger partial charge in [-0.05, 0) is 25.3 Å². The number of hydrogen-bond donors (Lipinski definition) is 2. The molecule has 0 heterocycles. The first-order valence-corrected chi connectivity index (χ1v) is 7.05. The van der Waals surface area contributed by atoms with Crippen LogP contribution in [0.25, 0.3) is 0 Å². The minimum atomic E-state index is 0.672. The van der Waals surface area contributed by atoms with Crippen molar-refractivity contribution >= 4 is 11.4 Å². The van der Waals surface area contributed by atoms with Gasteiger partial charge in [0.1, 0.15) is 5.75 Å². The standard InChI is InChI=1S/C15H24N2O/c1-2-18-15-10-13(16)9-14(11-15)17-8-7-12-5-3-4-6-12/h9-12,17H,2-8,16H2,1H3. The SMILES string of the molecule is CCOc1cc(N)cc(NCCC2CCCC2)c1. The van der Waals surface area contributed by atoms with E-state index in [9.17, 15) is 0 Å². The lowest BCUT2D eigenvalue weighted by Gasteiger charge is -2.12. The highest BCUT2D eigenvalue weighted by Crippen LogP contribution is 2.28. The Kier molecular flexibility index (Phi) is 4.73. The zero-order chi connectivity index (χ0) is 12.8.